The summed E-state index contributed by atoms with van der Waals surface area (Å²) in [4.78, 5) is 14.5. The minimum Gasteiger partial charge on any atom is -0.300 e. The van der Waals surface area contributed by atoms with Crippen LogP contribution in [-0.4, -0.2) is 17.0 Å². The van der Waals surface area contributed by atoms with Gasteiger partial charge in [0.2, 0.25) is 0 Å². The molecule has 0 unspecified atom stereocenters. The molecule has 0 aliphatic heterocycles. The van der Waals surface area contributed by atoms with Crippen molar-refractivity contribution in [2.75, 3.05) is 0 Å². The van der Waals surface area contributed by atoms with E-state index in [4.69, 9.17) is 0 Å². The summed E-state index contributed by atoms with van der Waals surface area (Å²) in [6, 6.07) is -0.0324. The van der Waals surface area contributed by atoms with Gasteiger partial charge in [-0.15, -0.1) is 0 Å². The Kier molecular flexibility index (Phi) is 4.08. The van der Waals surface area contributed by atoms with Crippen LogP contribution >= 0.6 is 12.2 Å². The highest BCUT2D eigenvalue weighted by molar-refractivity contribution is 7.78. The molecule has 0 aromatic carbocycles. The number of hydrogen-bond acceptors (Lipinski definition) is 3. The molecule has 0 aromatic heterocycles. The van der Waals surface area contributed by atoms with E-state index in [0.29, 0.717) is 0 Å². The third-order valence-corrected chi connectivity index (χ3v) is 1.73. The van der Waals surface area contributed by atoms with Crippen LogP contribution in [0.1, 0.15) is 20.8 Å². The van der Waals surface area contributed by atoms with Gasteiger partial charge in [0.15, 0.2) is 0 Å². The molecule has 0 amide bonds. The van der Waals surface area contributed by atoms with Crippen molar-refractivity contribution in [3.63, 3.8) is 0 Å². The van der Waals surface area contributed by atoms with Crippen LogP contribution in [0.4, 0.5) is 0 Å². The van der Waals surface area contributed by atoms with Gasteiger partial charge in [0.25, 0.3) is 0 Å². The zero-order chi connectivity index (χ0) is 8.15. The summed E-state index contributed by atoms with van der Waals surface area (Å²) in [6.45, 7) is 5.24. The second-order valence-electron chi connectivity index (χ2n) is 2.36. The van der Waals surface area contributed by atoms with Crippen molar-refractivity contribution in [1.29, 1.82) is 0 Å². The van der Waals surface area contributed by atoms with Gasteiger partial charge in [-0.2, -0.15) is 0 Å². The van der Waals surface area contributed by atoms with Crippen LogP contribution in [0, 0.1) is 5.92 Å². The van der Waals surface area contributed by atoms with Gasteiger partial charge in [-0.3, -0.25) is 4.79 Å². The second kappa shape index (κ2) is 4.31. The van der Waals surface area contributed by atoms with E-state index in [1.165, 1.54) is 0 Å². The van der Waals surface area contributed by atoms with E-state index in [0.717, 1.165) is 0 Å². The Morgan fingerprint density at radius 2 is 2.10 bits per heavy atom. The van der Waals surface area contributed by atoms with Crippen molar-refractivity contribution in [1.82, 2.24) is 0 Å². The summed E-state index contributed by atoms with van der Waals surface area (Å²) >= 11 is 4.41. The van der Waals surface area contributed by atoms with Crippen LogP contribution in [0.5, 0.6) is 0 Å². The highest BCUT2D eigenvalue weighted by Gasteiger charge is 2.14. The molecular weight excluding hydrogens is 146 g/mol. The largest absolute Gasteiger partial charge is 0.300 e. The van der Waals surface area contributed by atoms with Crippen LogP contribution in [0.15, 0.2) is 4.99 Å². The van der Waals surface area contributed by atoms with Crippen molar-refractivity contribution in [2.45, 2.75) is 26.8 Å². The lowest BCUT2D eigenvalue weighted by atomic mass is 10.0. The first-order valence-electron chi connectivity index (χ1n) is 3.17. The lowest BCUT2D eigenvalue weighted by Gasteiger charge is -2.09. The Balaban J connectivity index is 4.06. The number of ketones is 1. The minimum atomic E-state index is -0.0459. The van der Waals surface area contributed by atoms with E-state index in [1.807, 2.05) is 13.8 Å². The molecule has 2 nitrogen and oxygen atoms in total. The smallest absolute Gasteiger partial charge is 0.134 e. The number of thiocarbonyl (C=S) groups is 1. The maximum absolute atomic E-state index is 10.7. The predicted octanol–water partition coefficient (Wildman–Crippen LogP) is 1.70. The molecule has 0 N–H and O–H groups in total. The number of aliphatic imine (C=N–C) groups is 1. The van der Waals surface area contributed by atoms with Gasteiger partial charge in [-0.25, -0.2) is 4.99 Å². The molecule has 56 valence electrons. The summed E-state index contributed by atoms with van der Waals surface area (Å²) in [5, 5.41) is 2.26. The van der Waals surface area contributed by atoms with Crippen LogP contribution in [0.3, 0.4) is 0 Å². The first-order chi connectivity index (χ1) is 4.59. The van der Waals surface area contributed by atoms with E-state index in [2.05, 4.69) is 22.4 Å². The van der Waals surface area contributed by atoms with E-state index >= 15 is 0 Å². The summed E-state index contributed by atoms with van der Waals surface area (Å²) in [7, 11) is 0. The Morgan fingerprint density at radius 3 is 2.40 bits per heavy atom. The van der Waals surface area contributed by atoms with Gasteiger partial charge in [-0.1, -0.05) is 6.92 Å². The SMILES string of the molecule is CC(=O)[C@@H](C)[C@@H](C)N=C=S. The van der Waals surface area contributed by atoms with E-state index < -0.39 is 0 Å². The number of carbonyl (C=O) groups is 1. The molecule has 0 aromatic rings. The third-order valence-electron chi connectivity index (χ3n) is 1.62. The molecule has 0 aliphatic carbocycles. The fourth-order valence-corrected chi connectivity index (χ4v) is 0.701. The molecule has 0 saturated carbocycles. The van der Waals surface area contributed by atoms with Gasteiger partial charge in [0.1, 0.15) is 5.78 Å². The van der Waals surface area contributed by atoms with E-state index in [9.17, 15) is 4.79 Å². The van der Waals surface area contributed by atoms with Gasteiger partial charge >= 0.3 is 0 Å². The Morgan fingerprint density at radius 1 is 1.60 bits per heavy atom. The first kappa shape index (κ1) is 9.47. The maximum Gasteiger partial charge on any atom is 0.134 e. The first-order valence-corrected chi connectivity index (χ1v) is 3.58. The molecular formula is C7H11NOS. The minimum absolute atomic E-state index is 0.0324. The standard InChI is InChI=1S/C7H11NOS/c1-5(7(3)9)6(2)8-4-10/h5-6H,1-3H3/t5-,6+/m0/s1. The average molecular weight is 157 g/mol. The van der Waals surface area contributed by atoms with Crippen molar-refractivity contribution < 1.29 is 4.79 Å². The molecule has 0 aliphatic rings. The Hall–Kier alpha value is -0.530. The Labute approximate surface area is 66.3 Å². The van der Waals surface area contributed by atoms with E-state index in [1.54, 1.807) is 6.92 Å². The monoisotopic (exact) mass is 157 g/mol. The highest BCUT2D eigenvalue weighted by atomic mass is 32.1. The predicted molar refractivity (Wildman–Crippen MR) is 44.3 cm³/mol. The summed E-state index contributed by atoms with van der Waals surface area (Å²) in [5.74, 6) is 0.0944. The zero-order valence-corrected chi connectivity index (χ0v) is 7.23. The lowest BCUT2D eigenvalue weighted by Crippen LogP contribution is -2.18. The molecule has 10 heavy (non-hydrogen) atoms. The van der Waals surface area contributed by atoms with E-state index in [-0.39, 0.29) is 17.7 Å². The number of isothiocyanates is 1. The van der Waals surface area contributed by atoms with Gasteiger partial charge < -0.3 is 0 Å². The summed E-state index contributed by atoms with van der Waals surface area (Å²) in [5.41, 5.74) is 0. The molecule has 3 heteroatoms. The highest BCUT2D eigenvalue weighted by Crippen LogP contribution is 2.06. The van der Waals surface area contributed by atoms with Gasteiger partial charge in [-0.05, 0) is 26.1 Å². The van der Waals surface area contributed by atoms with Crippen LogP contribution in [0.2, 0.25) is 0 Å². The maximum atomic E-state index is 10.7. The number of nitrogens with zero attached hydrogens (tertiary/aromatic N) is 1. The van der Waals surface area contributed by atoms with Gasteiger partial charge in [0.05, 0.1) is 11.2 Å². The van der Waals surface area contributed by atoms with Crippen LogP contribution < -0.4 is 0 Å². The van der Waals surface area contributed by atoms with Crippen LogP contribution in [-0.2, 0) is 4.79 Å². The van der Waals surface area contributed by atoms with Crippen molar-refractivity contribution in [3.05, 3.63) is 0 Å². The fourth-order valence-electron chi connectivity index (χ4n) is 0.535. The third kappa shape index (κ3) is 2.85. The molecule has 0 spiro atoms. The zero-order valence-electron chi connectivity index (χ0n) is 6.42. The second-order valence-corrected chi connectivity index (χ2v) is 2.54. The van der Waals surface area contributed by atoms with Crippen molar-refractivity contribution in [2.24, 2.45) is 10.9 Å². The van der Waals surface area contributed by atoms with Crippen LogP contribution in [0.25, 0.3) is 0 Å². The molecule has 0 bridgehead atoms. The summed E-state index contributed by atoms with van der Waals surface area (Å²) in [6.07, 6.45) is 0. The number of hydrogen-bond donors (Lipinski definition) is 0. The average Bonchev–Trinajstić information content (AvgIpc) is 1.87. The number of Topliss-reactive ketones (excluding diaryl/α,β-unsaturated/α-hetero) is 1. The molecule has 0 radical (unpaired) electrons. The molecule has 0 rings (SSSR count). The lowest BCUT2D eigenvalue weighted by molar-refractivity contribution is -0.120. The normalized spacial score (nSPS) is 15.1. The molecule has 2 atom stereocenters. The number of rotatable bonds is 3. The molecule has 0 heterocycles. The molecule has 0 fully saturated rings. The topological polar surface area (TPSA) is 29.4 Å². The Bertz CT molecular complexity index is 166. The van der Waals surface area contributed by atoms with Crippen molar-refractivity contribution in [3.8, 4) is 0 Å². The quantitative estimate of drug-likeness (QED) is 0.461. The summed E-state index contributed by atoms with van der Waals surface area (Å²) < 4.78 is 0. The van der Waals surface area contributed by atoms with Crippen molar-refractivity contribution >= 4 is 23.2 Å². The van der Waals surface area contributed by atoms with Gasteiger partial charge in [0, 0.05) is 5.92 Å². The number of carbonyl (C=O) groups excluding carboxylic acids is 1. The molecule has 0 saturated heterocycles. The fraction of sp³-hybridized carbons (Fsp3) is 0.714.